The summed E-state index contributed by atoms with van der Waals surface area (Å²) in [6.07, 6.45) is -0.449. The fourth-order valence-corrected chi connectivity index (χ4v) is 3.47. The lowest BCUT2D eigenvalue weighted by molar-refractivity contribution is -0.00831. The van der Waals surface area contributed by atoms with E-state index in [1.807, 2.05) is 0 Å². The molecule has 10 heteroatoms. The number of ether oxygens (including phenoxy) is 3. The molecule has 4 rings (SSSR count). The second-order valence-corrected chi connectivity index (χ2v) is 7.19. The molecule has 1 aromatic rings. The Morgan fingerprint density at radius 1 is 1.26 bits per heavy atom. The summed E-state index contributed by atoms with van der Waals surface area (Å²) < 4.78 is 55.3. The number of nitrogens with zero attached hydrogens (tertiary/aromatic N) is 1. The van der Waals surface area contributed by atoms with Gasteiger partial charge in [-0.25, -0.2) is 22.8 Å². The minimum Gasteiger partial charge on any atom is -0.484 e. The number of halogens is 3. The first-order chi connectivity index (χ1) is 12.8. The molecule has 3 aliphatic rings. The van der Waals surface area contributed by atoms with E-state index in [-0.39, 0.29) is 19.1 Å². The Balaban J connectivity index is 1.17. The van der Waals surface area contributed by atoms with Crippen LogP contribution >= 0.6 is 0 Å². The van der Waals surface area contributed by atoms with Gasteiger partial charge in [-0.1, -0.05) is 0 Å². The minimum absolute atomic E-state index is 0.0234. The molecule has 1 aliphatic carbocycles. The second-order valence-electron chi connectivity index (χ2n) is 7.19. The topological polar surface area (TPSA) is 77.1 Å². The Morgan fingerprint density at radius 3 is 2.52 bits per heavy atom. The third kappa shape index (κ3) is 3.47. The van der Waals surface area contributed by atoms with Gasteiger partial charge in [0.25, 0.3) is 0 Å². The van der Waals surface area contributed by atoms with Crippen molar-refractivity contribution in [3.63, 3.8) is 0 Å². The Kier molecular flexibility index (Phi) is 4.27. The molecule has 2 aliphatic heterocycles. The summed E-state index contributed by atoms with van der Waals surface area (Å²) >= 11 is 0. The van der Waals surface area contributed by atoms with E-state index in [1.54, 1.807) is 0 Å². The van der Waals surface area contributed by atoms with Gasteiger partial charge in [0.15, 0.2) is 17.4 Å². The zero-order valence-electron chi connectivity index (χ0n) is 14.2. The van der Waals surface area contributed by atoms with Crippen LogP contribution in [0.4, 0.5) is 22.8 Å². The highest BCUT2D eigenvalue weighted by molar-refractivity contribution is 5.74. The van der Waals surface area contributed by atoms with Crippen LogP contribution in [0.25, 0.3) is 0 Å². The molecule has 0 unspecified atom stereocenters. The van der Waals surface area contributed by atoms with E-state index in [0.717, 1.165) is 0 Å². The van der Waals surface area contributed by atoms with Crippen molar-refractivity contribution in [3.05, 3.63) is 29.6 Å². The number of amides is 2. The van der Waals surface area contributed by atoms with Gasteiger partial charge in [-0.15, -0.1) is 0 Å². The van der Waals surface area contributed by atoms with Gasteiger partial charge in [0.2, 0.25) is 0 Å². The van der Waals surface area contributed by atoms with Crippen LogP contribution in [0, 0.1) is 23.4 Å². The van der Waals surface area contributed by atoms with E-state index >= 15 is 0 Å². The number of likely N-dealkylation sites (tertiary alicyclic amines) is 1. The zero-order chi connectivity index (χ0) is 19.2. The third-order valence-electron chi connectivity index (χ3n) is 4.97. The fraction of sp³-hybridized carbons (Fsp3) is 0.529. The third-order valence-corrected chi connectivity index (χ3v) is 4.97. The summed E-state index contributed by atoms with van der Waals surface area (Å²) in [6.45, 7) is 1.06. The summed E-state index contributed by atoms with van der Waals surface area (Å²) in [4.78, 5) is 24.5. The normalized spacial score (nSPS) is 25.3. The van der Waals surface area contributed by atoms with E-state index in [9.17, 15) is 22.8 Å². The molecule has 2 heterocycles. The molecule has 1 N–H and O–H groups in total. The molecule has 0 atom stereocenters. The Morgan fingerprint density at radius 2 is 1.93 bits per heavy atom. The van der Waals surface area contributed by atoms with E-state index in [4.69, 9.17) is 14.2 Å². The zero-order valence-corrected chi connectivity index (χ0v) is 14.2. The van der Waals surface area contributed by atoms with Gasteiger partial charge in [-0.2, -0.15) is 0 Å². The number of alkyl carbamates (subject to hydrolysis) is 1. The number of cyclic esters (lactones) is 1. The fourth-order valence-electron chi connectivity index (χ4n) is 3.47. The lowest BCUT2D eigenvalue weighted by Crippen LogP contribution is -2.70. The maximum atomic E-state index is 13.6. The first-order valence-electron chi connectivity index (χ1n) is 8.51. The number of benzene rings is 1. The number of carbonyl (C=O) groups is 2. The van der Waals surface area contributed by atoms with Gasteiger partial charge >= 0.3 is 12.2 Å². The van der Waals surface area contributed by atoms with Crippen LogP contribution in [0.3, 0.4) is 0 Å². The van der Waals surface area contributed by atoms with Crippen LogP contribution in [0.2, 0.25) is 0 Å². The molecule has 7 nitrogen and oxygen atoms in total. The molecule has 1 saturated carbocycles. The summed E-state index contributed by atoms with van der Waals surface area (Å²) in [7, 11) is 0. The van der Waals surface area contributed by atoms with Gasteiger partial charge in [0, 0.05) is 18.1 Å². The van der Waals surface area contributed by atoms with Crippen molar-refractivity contribution in [2.45, 2.75) is 24.5 Å². The van der Waals surface area contributed by atoms with Crippen LogP contribution in [0.15, 0.2) is 12.1 Å². The lowest BCUT2D eigenvalue weighted by Gasteiger charge is -2.45. The van der Waals surface area contributed by atoms with Crippen molar-refractivity contribution in [1.82, 2.24) is 10.2 Å². The summed E-state index contributed by atoms with van der Waals surface area (Å²) in [6, 6.07) is 1.13. The first-order valence-corrected chi connectivity index (χ1v) is 8.51. The van der Waals surface area contributed by atoms with Gasteiger partial charge in [0.05, 0.1) is 25.8 Å². The average molecular weight is 386 g/mol. The monoisotopic (exact) mass is 386 g/mol. The lowest BCUT2D eigenvalue weighted by atomic mass is 9.83. The van der Waals surface area contributed by atoms with Gasteiger partial charge in [0.1, 0.15) is 18.0 Å². The van der Waals surface area contributed by atoms with Gasteiger partial charge in [-0.05, 0) is 12.8 Å². The molecule has 0 bridgehead atoms. The molecule has 2 amide bonds. The minimum atomic E-state index is -1.09. The molecule has 1 aromatic carbocycles. The average Bonchev–Trinajstić information content (AvgIpc) is 2.92. The van der Waals surface area contributed by atoms with Crippen LogP contribution < -0.4 is 10.1 Å². The molecule has 27 heavy (non-hydrogen) atoms. The molecular weight excluding hydrogens is 369 g/mol. The molecule has 0 aromatic heterocycles. The maximum Gasteiger partial charge on any atom is 0.409 e. The summed E-state index contributed by atoms with van der Waals surface area (Å²) in [5.74, 6) is -3.75. The second kappa shape index (κ2) is 6.50. The van der Waals surface area contributed by atoms with E-state index < -0.39 is 47.0 Å². The highest BCUT2D eigenvalue weighted by atomic mass is 19.1. The van der Waals surface area contributed by atoms with E-state index in [2.05, 4.69) is 5.32 Å². The largest absolute Gasteiger partial charge is 0.484 e. The highest BCUT2D eigenvalue weighted by Crippen LogP contribution is 2.34. The quantitative estimate of drug-likeness (QED) is 0.859. The molecule has 2 saturated heterocycles. The van der Waals surface area contributed by atoms with Crippen LogP contribution in [-0.4, -0.2) is 55.0 Å². The first kappa shape index (κ1) is 17.7. The highest BCUT2D eigenvalue weighted by Gasteiger charge is 2.51. The van der Waals surface area contributed by atoms with Crippen molar-refractivity contribution in [3.8, 4) is 5.75 Å². The SMILES string of the molecule is O=C1NC2(CO1)CN(C(=O)OC[C@H]1C[C@@H](Oc3c(F)cc(F)cc3F)C1)C2. The van der Waals surface area contributed by atoms with Gasteiger partial charge < -0.3 is 24.4 Å². The summed E-state index contributed by atoms with van der Waals surface area (Å²) in [5, 5.41) is 2.67. The molecule has 3 fully saturated rings. The van der Waals surface area contributed by atoms with Crippen molar-refractivity contribution < 1.29 is 37.0 Å². The number of nitrogens with one attached hydrogen (secondary N) is 1. The molecule has 146 valence electrons. The number of hydrogen-bond donors (Lipinski definition) is 1. The number of hydrogen-bond acceptors (Lipinski definition) is 5. The van der Waals surface area contributed by atoms with Crippen LogP contribution in [0.5, 0.6) is 5.75 Å². The summed E-state index contributed by atoms with van der Waals surface area (Å²) in [5.41, 5.74) is -0.505. The Hall–Kier alpha value is -2.65. The van der Waals surface area contributed by atoms with E-state index in [1.165, 1.54) is 4.90 Å². The Bertz CT molecular complexity index is 755. The standard InChI is InChI=1S/C17H17F3N2O5/c18-10-3-12(19)14(13(20)4-10)27-11-1-9(2-11)5-25-16(24)22-6-17(7-22)8-26-15(23)21-17/h3-4,9,11H,1-2,5-8H2,(H,21,23)/t9-,11+. The Labute approximate surface area is 152 Å². The van der Waals surface area contributed by atoms with Crippen LogP contribution in [-0.2, 0) is 9.47 Å². The van der Waals surface area contributed by atoms with Gasteiger partial charge in [-0.3, -0.25) is 0 Å². The predicted octanol–water partition coefficient (Wildman–Crippen LogP) is 2.19. The number of rotatable bonds is 4. The van der Waals surface area contributed by atoms with E-state index in [0.29, 0.717) is 38.1 Å². The molecule has 1 spiro atoms. The predicted molar refractivity (Wildman–Crippen MR) is 83.6 cm³/mol. The van der Waals surface area contributed by atoms with Crippen molar-refractivity contribution in [2.24, 2.45) is 5.92 Å². The van der Waals surface area contributed by atoms with Crippen LogP contribution in [0.1, 0.15) is 12.8 Å². The molecule has 0 radical (unpaired) electrons. The molecular formula is C17H17F3N2O5. The van der Waals surface area contributed by atoms with Crippen molar-refractivity contribution in [1.29, 1.82) is 0 Å². The number of carbonyl (C=O) groups excluding carboxylic acids is 2. The smallest absolute Gasteiger partial charge is 0.409 e. The van der Waals surface area contributed by atoms with Crippen molar-refractivity contribution >= 4 is 12.2 Å². The van der Waals surface area contributed by atoms with Crippen molar-refractivity contribution in [2.75, 3.05) is 26.3 Å². The maximum absolute atomic E-state index is 13.6.